The number of carbonyl (C=O) groups excluding carboxylic acids is 1. The minimum Gasteiger partial charge on any atom is -0.493 e. The van der Waals surface area contributed by atoms with E-state index in [1.165, 1.54) is 30.3 Å². The Kier molecular flexibility index (Phi) is 7.53. The molecule has 36 heavy (non-hydrogen) atoms. The normalized spacial score (nSPS) is 13.8. The fourth-order valence-electron chi connectivity index (χ4n) is 3.46. The van der Waals surface area contributed by atoms with Gasteiger partial charge in [0.25, 0.3) is 15.9 Å². The molecular formula is C26H32FN3O5S. The van der Waals surface area contributed by atoms with Crippen LogP contribution in [0.2, 0.25) is 0 Å². The van der Waals surface area contributed by atoms with E-state index in [1.54, 1.807) is 25.1 Å². The Labute approximate surface area is 212 Å². The average molecular weight is 518 g/mol. The molecule has 10 heteroatoms. The molecule has 194 valence electrons. The lowest BCUT2D eigenvalue weighted by Crippen LogP contribution is -2.33. The summed E-state index contributed by atoms with van der Waals surface area (Å²) in [5.41, 5.74) is 1.25. The zero-order valence-electron chi connectivity index (χ0n) is 20.3. The first-order chi connectivity index (χ1) is 17.1. The number of hydrogen-bond donors (Lipinski definition) is 1. The summed E-state index contributed by atoms with van der Waals surface area (Å²) < 4.78 is 53.4. The number of carbonyl (C=O) groups is 1. The van der Waals surface area contributed by atoms with Gasteiger partial charge >= 0.3 is 0 Å². The summed E-state index contributed by atoms with van der Waals surface area (Å²) in [7, 11) is -4.21. The minimum atomic E-state index is -4.21. The van der Waals surface area contributed by atoms with Gasteiger partial charge < -0.3 is 9.47 Å². The van der Waals surface area contributed by atoms with E-state index in [0.717, 1.165) is 19.3 Å². The number of aromatic nitrogens is 2. The van der Waals surface area contributed by atoms with Gasteiger partial charge in [0.05, 0.1) is 12.3 Å². The van der Waals surface area contributed by atoms with Gasteiger partial charge in [-0.2, -0.15) is 8.42 Å². The molecule has 1 saturated carbocycles. The number of halogens is 1. The number of sulfonamides is 1. The summed E-state index contributed by atoms with van der Waals surface area (Å²) >= 11 is 0. The van der Waals surface area contributed by atoms with Crippen molar-refractivity contribution >= 4 is 15.9 Å². The lowest BCUT2D eigenvalue weighted by atomic mass is 9.96. The topological polar surface area (TPSA) is 107 Å². The molecule has 0 unspecified atom stereocenters. The van der Waals surface area contributed by atoms with Crippen LogP contribution in [0.1, 0.15) is 52.0 Å². The van der Waals surface area contributed by atoms with Crippen molar-refractivity contribution in [2.45, 2.75) is 51.2 Å². The Balaban J connectivity index is 0.00000253. The number of hydrogen-bond acceptors (Lipinski definition) is 7. The lowest BCUT2D eigenvalue weighted by Gasteiger charge is -2.26. The van der Waals surface area contributed by atoms with E-state index in [-0.39, 0.29) is 31.3 Å². The van der Waals surface area contributed by atoms with Gasteiger partial charge in [-0.05, 0) is 68.5 Å². The summed E-state index contributed by atoms with van der Waals surface area (Å²) in [6, 6.07) is 11.7. The van der Waals surface area contributed by atoms with Gasteiger partial charge in [0.2, 0.25) is 5.88 Å². The molecule has 1 aliphatic carbocycles. The Morgan fingerprint density at radius 2 is 1.94 bits per heavy atom. The first-order valence-corrected chi connectivity index (χ1v) is 13.2. The fourth-order valence-corrected chi connectivity index (χ4v) is 4.44. The molecule has 4 rings (SSSR count). The molecule has 8 nitrogen and oxygen atoms in total. The molecule has 2 aromatic heterocycles. The second kappa shape index (κ2) is 10.6. The maximum Gasteiger partial charge on any atom is 0.281 e. The van der Waals surface area contributed by atoms with E-state index in [2.05, 4.69) is 9.97 Å². The largest absolute Gasteiger partial charge is 0.493 e. The molecule has 1 N–H and O–H groups in total. The van der Waals surface area contributed by atoms with Gasteiger partial charge in [-0.3, -0.25) is 4.79 Å². The smallest absolute Gasteiger partial charge is 0.281 e. The maximum atomic E-state index is 14.3. The highest BCUT2D eigenvalue weighted by molar-refractivity contribution is 7.90. The van der Waals surface area contributed by atoms with E-state index >= 15 is 0 Å². The summed E-state index contributed by atoms with van der Waals surface area (Å²) in [6.45, 7) is 6.06. The standard InChI is InChI=1S/C26H28FN3O5S.2H2/c1-16(2)15-34-21-13-18(12-19(27)14-21)23-11-10-22(26(29-23)35-20-7-5-8-20)25(31)30-36(32,33)24-9-4-6-17(3)28-24;;/h4,6,9-14,16,20H,5,7-8,15H2,1-3H3,(H,30,31);2*1H. The van der Waals surface area contributed by atoms with Crippen molar-refractivity contribution in [3.8, 4) is 22.9 Å². The van der Waals surface area contributed by atoms with Crippen LogP contribution in [0.4, 0.5) is 4.39 Å². The van der Waals surface area contributed by atoms with Crippen molar-refractivity contribution in [3.63, 3.8) is 0 Å². The third-order valence-corrected chi connectivity index (χ3v) is 6.78. The molecule has 1 aromatic carbocycles. The van der Waals surface area contributed by atoms with Crippen LogP contribution < -0.4 is 14.2 Å². The number of nitrogens with zero attached hydrogens (tertiary/aromatic N) is 2. The zero-order chi connectivity index (χ0) is 25.9. The lowest BCUT2D eigenvalue weighted by molar-refractivity contribution is 0.0944. The minimum absolute atomic E-state index is 0. The third-order valence-electron chi connectivity index (χ3n) is 5.55. The SMILES string of the molecule is Cc1cccc(S(=O)(=O)NC(=O)c2ccc(-c3cc(F)cc(OCC(C)C)c3)nc2OC2CCC2)n1.[HH].[HH]. The van der Waals surface area contributed by atoms with E-state index < -0.39 is 21.7 Å². The molecule has 1 amide bonds. The van der Waals surface area contributed by atoms with E-state index in [4.69, 9.17) is 9.47 Å². The molecule has 1 aliphatic rings. The molecule has 0 spiro atoms. The van der Waals surface area contributed by atoms with Crippen LogP contribution in [0.25, 0.3) is 11.3 Å². The van der Waals surface area contributed by atoms with Gasteiger partial charge in [-0.1, -0.05) is 19.9 Å². The van der Waals surface area contributed by atoms with Crippen molar-refractivity contribution in [1.29, 1.82) is 0 Å². The van der Waals surface area contributed by atoms with Crippen LogP contribution in [0.3, 0.4) is 0 Å². The van der Waals surface area contributed by atoms with Crippen molar-refractivity contribution in [3.05, 3.63) is 65.6 Å². The highest BCUT2D eigenvalue weighted by Crippen LogP contribution is 2.31. The van der Waals surface area contributed by atoms with Gasteiger partial charge in [0.1, 0.15) is 23.2 Å². The molecule has 2 heterocycles. The molecule has 1 fully saturated rings. The Morgan fingerprint density at radius 1 is 1.17 bits per heavy atom. The molecule has 0 bridgehead atoms. The Morgan fingerprint density at radius 3 is 2.61 bits per heavy atom. The van der Waals surface area contributed by atoms with Gasteiger partial charge in [0.15, 0.2) is 5.03 Å². The molecular weight excluding hydrogens is 485 g/mol. The van der Waals surface area contributed by atoms with Crippen molar-refractivity contribution in [2.24, 2.45) is 5.92 Å². The van der Waals surface area contributed by atoms with E-state index in [1.807, 2.05) is 18.6 Å². The highest BCUT2D eigenvalue weighted by atomic mass is 32.2. The van der Waals surface area contributed by atoms with E-state index in [0.29, 0.717) is 29.3 Å². The summed E-state index contributed by atoms with van der Waals surface area (Å²) in [4.78, 5) is 21.5. The number of ether oxygens (including phenoxy) is 2. The average Bonchev–Trinajstić information content (AvgIpc) is 2.79. The highest BCUT2D eigenvalue weighted by Gasteiger charge is 2.27. The summed E-state index contributed by atoms with van der Waals surface area (Å²) in [5.74, 6) is -0.780. The maximum absolute atomic E-state index is 14.3. The Hall–Kier alpha value is -3.53. The number of rotatable bonds is 9. The van der Waals surface area contributed by atoms with Crippen LogP contribution in [-0.2, 0) is 10.0 Å². The van der Waals surface area contributed by atoms with Gasteiger partial charge in [0, 0.05) is 20.2 Å². The number of pyridine rings is 2. The number of nitrogens with one attached hydrogen (secondary N) is 1. The van der Waals surface area contributed by atoms with Gasteiger partial charge in [-0.25, -0.2) is 19.1 Å². The third kappa shape index (κ3) is 6.17. The number of benzene rings is 1. The predicted octanol–water partition coefficient (Wildman–Crippen LogP) is 5.17. The fraction of sp³-hybridized carbons (Fsp3) is 0.346. The predicted molar refractivity (Wildman–Crippen MR) is 136 cm³/mol. The second-order valence-corrected chi connectivity index (χ2v) is 10.8. The number of amides is 1. The van der Waals surface area contributed by atoms with Crippen molar-refractivity contribution in [1.82, 2.24) is 14.7 Å². The van der Waals surface area contributed by atoms with Crippen LogP contribution >= 0.6 is 0 Å². The molecule has 0 radical (unpaired) electrons. The van der Waals surface area contributed by atoms with Crippen molar-refractivity contribution in [2.75, 3.05) is 6.61 Å². The first kappa shape index (κ1) is 25.6. The summed E-state index contributed by atoms with van der Waals surface area (Å²) in [6.07, 6.45) is 2.45. The zero-order valence-corrected chi connectivity index (χ0v) is 21.1. The summed E-state index contributed by atoms with van der Waals surface area (Å²) in [5, 5.41) is -0.268. The monoisotopic (exact) mass is 517 g/mol. The van der Waals surface area contributed by atoms with Crippen LogP contribution in [0, 0.1) is 18.7 Å². The molecule has 0 aliphatic heterocycles. The quantitative estimate of drug-likeness (QED) is 0.417. The van der Waals surface area contributed by atoms with Crippen molar-refractivity contribution < 1.29 is 29.9 Å². The van der Waals surface area contributed by atoms with Crippen LogP contribution in [0.5, 0.6) is 11.6 Å². The van der Waals surface area contributed by atoms with Crippen LogP contribution in [-0.4, -0.2) is 37.0 Å². The first-order valence-electron chi connectivity index (χ1n) is 11.7. The van der Waals surface area contributed by atoms with Crippen LogP contribution in [0.15, 0.2) is 53.6 Å². The van der Waals surface area contributed by atoms with E-state index in [9.17, 15) is 17.6 Å². The number of aryl methyl sites for hydroxylation is 1. The van der Waals surface area contributed by atoms with Gasteiger partial charge in [-0.15, -0.1) is 0 Å². The molecule has 0 atom stereocenters. The molecule has 3 aromatic rings. The second-order valence-electron chi connectivity index (χ2n) is 9.15. The molecule has 0 saturated heterocycles. The Bertz CT molecular complexity index is 1390.